The molecule has 1 atom stereocenters. The van der Waals surface area contributed by atoms with Crippen molar-refractivity contribution < 1.29 is 9.59 Å². The molecule has 25 heavy (non-hydrogen) atoms. The van der Waals surface area contributed by atoms with Crippen LogP contribution in [0.3, 0.4) is 0 Å². The monoisotopic (exact) mass is 336 g/mol. The highest BCUT2D eigenvalue weighted by Crippen LogP contribution is 2.29. The summed E-state index contributed by atoms with van der Waals surface area (Å²) in [5.41, 5.74) is 6.04. The predicted molar refractivity (Wildman–Crippen MR) is 101 cm³/mol. The highest BCUT2D eigenvalue weighted by molar-refractivity contribution is 6.04. The van der Waals surface area contributed by atoms with Crippen LogP contribution in [0.4, 0.5) is 11.4 Å². The van der Waals surface area contributed by atoms with Crippen molar-refractivity contribution in [2.24, 2.45) is 5.92 Å². The first-order valence-corrected chi connectivity index (χ1v) is 8.61. The lowest BCUT2D eigenvalue weighted by atomic mass is 10.1. The number of benzene rings is 2. The van der Waals surface area contributed by atoms with Crippen molar-refractivity contribution in [3.8, 4) is 0 Å². The van der Waals surface area contributed by atoms with E-state index in [4.69, 9.17) is 0 Å². The third-order valence-electron chi connectivity index (χ3n) is 4.87. The van der Waals surface area contributed by atoms with Gasteiger partial charge in [-0.1, -0.05) is 35.9 Å². The first-order valence-electron chi connectivity index (χ1n) is 8.61. The van der Waals surface area contributed by atoms with Crippen molar-refractivity contribution in [1.82, 2.24) is 0 Å². The Balaban J connectivity index is 1.77. The molecule has 1 saturated heterocycles. The molecular formula is C21H24N2O2. The van der Waals surface area contributed by atoms with Crippen LogP contribution in [0.5, 0.6) is 0 Å². The minimum atomic E-state index is -0.327. The predicted octanol–water partition coefficient (Wildman–Crippen LogP) is 3.91. The van der Waals surface area contributed by atoms with Crippen molar-refractivity contribution >= 4 is 23.2 Å². The number of rotatable bonds is 3. The van der Waals surface area contributed by atoms with E-state index >= 15 is 0 Å². The maximum absolute atomic E-state index is 12.7. The summed E-state index contributed by atoms with van der Waals surface area (Å²) >= 11 is 0. The van der Waals surface area contributed by atoms with Crippen LogP contribution < -0.4 is 10.2 Å². The molecule has 0 radical (unpaired) electrons. The van der Waals surface area contributed by atoms with Crippen LogP contribution in [0.1, 0.15) is 28.7 Å². The quantitative estimate of drug-likeness (QED) is 0.924. The third-order valence-corrected chi connectivity index (χ3v) is 4.87. The number of para-hydroxylation sites is 1. The average molecular weight is 336 g/mol. The van der Waals surface area contributed by atoms with E-state index < -0.39 is 0 Å². The number of hydrogen-bond donors (Lipinski definition) is 1. The molecule has 2 aromatic rings. The fourth-order valence-corrected chi connectivity index (χ4v) is 3.46. The van der Waals surface area contributed by atoms with Gasteiger partial charge in [0.1, 0.15) is 0 Å². The van der Waals surface area contributed by atoms with Crippen molar-refractivity contribution in [2.45, 2.75) is 34.1 Å². The first-order chi connectivity index (χ1) is 11.9. The van der Waals surface area contributed by atoms with Gasteiger partial charge in [-0.25, -0.2) is 0 Å². The maximum atomic E-state index is 12.7. The van der Waals surface area contributed by atoms with Gasteiger partial charge >= 0.3 is 0 Å². The molecule has 3 rings (SSSR count). The summed E-state index contributed by atoms with van der Waals surface area (Å²) in [6, 6.07) is 12.0. The number of anilines is 2. The van der Waals surface area contributed by atoms with Crippen LogP contribution >= 0.6 is 0 Å². The lowest BCUT2D eigenvalue weighted by Crippen LogP contribution is -2.28. The molecule has 1 fully saturated rings. The van der Waals surface area contributed by atoms with Gasteiger partial charge in [-0.2, -0.15) is 0 Å². The molecule has 0 spiro atoms. The minimum absolute atomic E-state index is 0.00797. The number of carbonyl (C=O) groups excluding carboxylic acids is 2. The summed E-state index contributed by atoms with van der Waals surface area (Å²) < 4.78 is 0. The van der Waals surface area contributed by atoms with E-state index in [-0.39, 0.29) is 24.2 Å². The molecule has 0 unspecified atom stereocenters. The smallest absolute Gasteiger partial charge is 0.229 e. The van der Waals surface area contributed by atoms with E-state index in [1.807, 2.05) is 58.0 Å². The topological polar surface area (TPSA) is 49.4 Å². The molecule has 130 valence electrons. The van der Waals surface area contributed by atoms with Crippen LogP contribution in [0, 0.1) is 33.6 Å². The molecule has 2 amide bonds. The van der Waals surface area contributed by atoms with Crippen LogP contribution in [0.15, 0.2) is 36.4 Å². The van der Waals surface area contributed by atoms with E-state index in [1.54, 1.807) is 4.90 Å². The van der Waals surface area contributed by atoms with Crippen molar-refractivity contribution in [2.75, 3.05) is 16.8 Å². The molecular weight excluding hydrogens is 312 g/mol. The highest BCUT2D eigenvalue weighted by atomic mass is 16.2. The van der Waals surface area contributed by atoms with Gasteiger partial charge in [0.25, 0.3) is 0 Å². The van der Waals surface area contributed by atoms with Gasteiger partial charge in [0.2, 0.25) is 11.8 Å². The summed E-state index contributed by atoms with van der Waals surface area (Å²) in [6.45, 7) is 8.41. The summed E-state index contributed by atoms with van der Waals surface area (Å²) in [5.74, 6) is -0.404. The Morgan fingerprint density at radius 3 is 2.36 bits per heavy atom. The lowest BCUT2D eigenvalue weighted by molar-refractivity contribution is -0.122. The molecule has 0 aliphatic carbocycles. The maximum Gasteiger partial charge on any atom is 0.229 e. The summed E-state index contributed by atoms with van der Waals surface area (Å²) in [4.78, 5) is 26.9. The van der Waals surface area contributed by atoms with Crippen LogP contribution in [-0.2, 0) is 9.59 Å². The Labute approximate surface area is 148 Å². The van der Waals surface area contributed by atoms with Gasteiger partial charge < -0.3 is 10.2 Å². The zero-order valence-electron chi connectivity index (χ0n) is 15.2. The first kappa shape index (κ1) is 17.2. The molecule has 2 aromatic carbocycles. The number of hydrogen-bond acceptors (Lipinski definition) is 2. The Kier molecular flexibility index (Phi) is 4.62. The zero-order chi connectivity index (χ0) is 18.1. The Morgan fingerprint density at radius 2 is 1.72 bits per heavy atom. The molecule has 0 bridgehead atoms. The fourth-order valence-electron chi connectivity index (χ4n) is 3.46. The number of carbonyl (C=O) groups is 2. The molecule has 4 nitrogen and oxygen atoms in total. The Morgan fingerprint density at radius 1 is 1.04 bits per heavy atom. The standard InChI is InChI=1S/C21H24N2O2/c1-13-8-9-18(16(4)10-13)23-12-17(11-19(23)24)21(25)22-20-14(2)6-5-7-15(20)3/h5-10,17H,11-12H2,1-4H3,(H,22,25)/t17-/m1/s1. The van der Waals surface area contributed by atoms with E-state index in [2.05, 4.69) is 11.4 Å². The van der Waals surface area contributed by atoms with Crippen LogP contribution in [0.25, 0.3) is 0 Å². The molecule has 4 heteroatoms. The molecule has 0 aromatic heterocycles. The van der Waals surface area contributed by atoms with Crippen molar-refractivity contribution in [3.05, 3.63) is 58.7 Å². The Bertz CT molecular complexity index is 822. The van der Waals surface area contributed by atoms with Gasteiger partial charge in [-0.15, -0.1) is 0 Å². The third kappa shape index (κ3) is 3.43. The minimum Gasteiger partial charge on any atom is -0.325 e. The van der Waals surface area contributed by atoms with E-state index in [9.17, 15) is 9.59 Å². The van der Waals surface area contributed by atoms with Crippen molar-refractivity contribution in [3.63, 3.8) is 0 Å². The number of nitrogens with one attached hydrogen (secondary N) is 1. The molecule has 1 N–H and O–H groups in total. The van der Waals surface area contributed by atoms with E-state index in [0.717, 1.165) is 33.6 Å². The molecule has 1 aliphatic rings. The second-order valence-corrected chi connectivity index (χ2v) is 6.95. The lowest BCUT2D eigenvalue weighted by Gasteiger charge is -2.20. The van der Waals surface area contributed by atoms with Gasteiger partial charge in [0, 0.05) is 24.3 Å². The van der Waals surface area contributed by atoms with Gasteiger partial charge in [-0.05, 0) is 50.5 Å². The normalized spacial score (nSPS) is 17.0. The van der Waals surface area contributed by atoms with Gasteiger partial charge in [0.15, 0.2) is 0 Å². The second-order valence-electron chi connectivity index (χ2n) is 6.95. The molecule has 0 saturated carbocycles. The number of amides is 2. The highest BCUT2D eigenvalue weighted by Gasteiger charge is 2.35. The summed E-state index contributed by atoms with van der Waals surface area (Å²) in [5, 5.41) is 3.02. The SMILES string of the molecule is Cc1ccc(N2C[C@H](C(=O)Nc3c(C)cccc3C)CC2=O)c(C)c1. The van der Waals surface area contributed by atoms with E-state index in [1.165, 1.54) is 0 Å². The summed E-state index contributed by atoms with van der Waals surface area (Å²) in [6.07, 6.45) is 0.254. The zero-order valence-corrected chi connectivity index (χ0v) is 15.2. The van der Waals surface area contributed by atoms with Gasteiger partial charge in [0.05, 0.1) is 5.92 Å². The number of aryl methyl sites for hydroxylation is 4. The Hall–Kier alpha value is -2.62. The van der Waals surface area contributed by atoms with Crippen LogP contribution in [0.2, 0.25) is 0 Å². The molecule has 1 aliphatic heterocycles. The van der Waals surface area contributed by atoms with Crippen molar-refractivity contribution in [1.29, 1.82) is 0 Å². The number of nitrogens with zero attached hydrogens (tertiary/aromatic N) is 1. The second kappa shape index (κ2) is 6.71. The average Bonchev–Trinajstić information content (AvgIpc) is 2.93. The largest absolute Gasteiger partial charge is 0.325 e. The fraction of sp³-hybridized carbons (Fsp3) is 0.333. The summed E-state index contributed by atoms with van der Waals surface area (Å²) in [7, 11) is 0. The van der Waals surface area contributed by atoms with E-state index in [0.29, 0.717) is 6.54 Å². The molecule has 1 heterocycles. The van der Waals surface area contributed by atoms with Crippen LogP contribution in [-0.4, -0.2) is 18.4 Å². The van der Waals surface area contributed by atoms with Gasteiger partial charge in [-0.3, -0.25) is 9.59 Å².